The van der Waals surface area contributed by atoms with Crippen LogP contribution in [0.1, 0.15) is 18.1 Å². The fourth-order valence-corrected chi connectivity index (χ4v) is 3.73. The first-order chi connectivity index (χ1) is 9.61. The number of aliphatic hydroxyl groups excluding tert-OH is 2. The van der Waals surface area contributed by atoms with E-state index in [1.807, 2.05) is 5.38 Å². The summed E-state index contributed by atoms with van der Waals surface area (Å²) >= 11 is 7.28. The predicted molar refractivity (Wildman–Crippen MR) is 76.8 cm³/mol. The second-order valence-corrected chi connectivity index (χ2v) is 5.99. The summed E-state index contributed by atoms with van der Waals surface area (Å²) in [5, 5.41) is 21.5. The predicted octanol–water partition coefficient (Wildman–Crippen LogP) is 1.07. The Morgan fingerprint density at radius 1 is 1.55 bits per heavy atom. The van der Waals surface area contributed by atoms with Crippen molar-refractivity contribution in [1.82, 2.24) is 9.97 Å². The number of hydrogen-bond acceptors (Lipinski definition) is 7. The Labute approximate surface area is 124 Å². The van der Waals surface area contributed by atoms with E-state index < -0.39 is 11.7 Å². The molecule has 1 aliphatic rings. The van der Waals surface area contributed by atoms with Gasteiger partial charge < -0.3 is 20.7 Å². The summed E-state index contributed by atoms with van der Waals surface area (Å²) < 4.78 is 6.62. The molecule has 2 aromatic rings. The van der Waals surface area contributed by atoms with Crippen molar-refractivity contribution in [2.75, 3.05) is 18.2 Å². The Balaban J connectivity index is 1.99. The number of rotatable bonds is 3. The second-order valence-electron chi connectivity index (χ2n) is 4.84. The van der Waals surface area contributed by atoms with Crippen LogP contribution in [-0.2, 0) is 4.74 Å². The molecule has 0 aliphatic carbocycles. The molecular formula is C12H14ClN3O3S. The van der Waals surface area contributed by atoms with E-state index in [1.54, 1.807) is 0 Å². The topological polar surface area (TPSA) is 101 Å². The number of halogens is 1. The Kier molecular flexibility index (Phi) is 3.55. The van der Waals surface area contributed by atoms with E-state index in [4.69, 9.17) is 22.1 Å². The van der Waals surface area contributed by atoms with Gasteiger partial charge in [0.05, 0.1) is 34.9 Å². The van der Waals surface area contributed by atoms with Crippen LogP contribution in [0, 0.1) is 0 Å². The summed E-state index contributed by atoms with van der Waals surface area (Å²) in [7, 11) is 0. The molecule has 3 atom stereocenters. The molecule has 2 aromatic heterocycles. The van der Waals surface area contributed by atoms with Crippen molar-refractivity contribution in [3.8, 4) is 0 Å². The average Bonchev–Trinajstić information content (AvgIpc) is 3.01. The van der Waals surface area contributed by atoms with Gasteiger partial charge in [0.15, 0.2) is 0 Å². The van der Waals surface area contributed by atoms with Gasteiger partial charge in [-0.05, 0) is 5.38 Å². The molecule has 20 heavy (non-hydrogen) atoms. The summed E-state index contributed by atoms with van der Waals surface area (Å²) in [6, 6.07) is 0. The molecule has 3 rings (SSSR count). The lowest BCUT2D eigenvalue weighted by Crippen LogP contribution is -2.44. The minimum Gasteiger partial charge on any atom is -0.393 e. The number of alkyl halides is 1. The van der Waals surface area contributed by atoms with Crippen molar-refractivity contribution in [2.45, 2.75) is 24.2 Å². The molecule has 4 N–H and O–H groups in total. The molecule has 6 nitrogen and oxygen atoms in total. The van der Waals surface area contributed by atoms with Crippen molar-refractivity contribution in [3.63, 3.8) is 0 Å². The number of aromatic nitrogens is 2. The molecule has 0 unspecified atom stereocenters. The highest BCUT2D eigenvalue weighted by atomic mass is 35.5. The zero-order valence-corrected chi connectivity index (χ0v) is 12.1. The number of ether oxygens (including phenoxy) is 1. The van der Waals surface area contributed by atoms with Crippen LogP contribution < -0.4 is 5.73 Å². The quantitative estimate of drug-likeness (QED) is 0.732. The number of nitrogens with zero attached hydrogens (tertiary/aromatic N) is 2. The first kappa shape index (κ1) is 14.0. The van der Waals surface area contributed by atoms with Gasteiger partial charge in [0.1, 0.15) is 17.7 Å². The minimum absolute atomic E-state index is 0.0281. The van der Waals surface area contributed by atoms with E-state index in [-0.39, 0.29) is 18.6 Å². The van der Waals surface area contributed by atoms with Gasteiger partial charge in [-0.1, -0.05) is 0 Å². The fraction of sp³-hybridized carbons (Fsp3) is 0.500. The van der Waals surface area contributed by atoms with E-state index in [9.17, 15) is 10.2 Å². The van der Waals surface area contributed by atoms with Crippen molar-refractivity contribution in [1.29, 1.82) is 0 Å². The number of nitrogen functional groups attached to an aromatic ring is 1. The van der Waals surface area contributed by atoms with Gasteiger partial charge in [0, 0.05) is 12.0 Å². The summed E-state index contributed by atoms with van der Waals surface area (Å²) in [6.07, 6.45) is 0.589. The lowest BCUT2D eigenvalue weighted by molar-refractivity contribution is -0.0965. The molecule has 0 bridgehead atoms. The number of nitrogens with two attached hydrogens (primary N) is 1. The highest BCUT2D eigenvalue weighted by molar-refractivity contribution is 7.17. The minimum atomic E-state index is -1.11. The lowest BCUT2D eigenvalue weighted by Gasteiger charge is -2.27. The van der Waals surface area contributed by atoms with E-state index in [0.29, 0.717) is 12.2 Å². The van der Waals surface area contributed by atoms with Gasteiger partial charge in [-0.2, -0.15) is 0 Å². The maximum atomic E-state index is 10.1. The van der Waals surface area contributed by atoms with Gasteiger partial charge in [0.25, 0.3) is 0 Å². The maximum Gasteiger partial charge on any atom is 0.144 e. The van der Waals surface area contributed by atoms with Crippen LogP contribution in [0.4, 0.5) is 5.82 Å². The van der Waals surface area contributed by atoms with Gasteiger partial charge in [0.2, 0.25) is 0 Å². The van der Waals surface area contributed by atoms with E-state index in [1.165, 1.54) is 17.7 Å². The van der Waals surface area contributed by atoms with Crippen molar-refractivity contribution in [2.24, 2.45) is 0 Å². The monoisotopic (exact) mass is 315 g/mol. The van der Waals surface area contributed by atoms with Crippen LogP contribution in [0.15, 0.2) is 11.7 Å². The van der Waals surface area contributed by atoms with Gasteiger partial charge in [-0.25, -0.2) is 9.97 Å². The highest BCUT2D eigenvalue weighted by Crippen LogP contribution is 2.43. The lowest BCUT2D eigenvalue weighted by atomic mass is 9.98. The summed E-state index contributed by atoms with van der Waals surface area (Å²) in [5.41, 5.74) is 6.27. The molecule has 108 valence electrons. The molecule has 0 radical (unpaired) electrons. The number of fused-ring (bicyclic) bond motifs is 1. The molecule has 0 spiro atoms. The van der Waals surface area contributed by atoms with Gasteiger partial charge in [-0.3, -0.25) is 0 Å². The Bertz CT molecular complexity index is 631. The average molecular weight is 316 g/mol. The maximum absolute atomic E-state index is 10.1. The van der Waals surface area contributed by atoms with Crippen LogP contribution in [0.2, 0.25) is 0 Å². The van der Waals surface area contributed by atoms with Crippen LogP contribution in [0.5, 0.6) is 0 Å². The third-order valence-corrected chi connectivity index (χ3v) is 5.13. The Morgan fingerprint density at radius 3 is 3.00 bits per heavy atom. The third-order valence-electron chi connectivity index (χ3n) is 3.67. The largest absolute Gasteiger partial charge is 0.393 e. The summed E-state index contributed by atoms with van der Waals surface area (Å²) in [5.74, 6) is 0.455. The normalized spacial score (nSPS) is 30.1. The first-order valence-corrected chi connectivity index (χ1v) is 7.53. The Hall–Kier alpha value is -0.990. The van der Waals surface area contributed by atoms with Gasteiger partial charge >= 0.3 is 0 Å². The second kappa shape index (κ2) is 5.09. The standard InChI is InChI=1S/C12H14ClN3O3S/c13-3-12(4-17)8(18)1-7(19-12)6-2-20-10-9(6)15-5-16-11(10)14/h2,5,7-8,17-18H,1,3-4H2,(H2,14,15,16)/t7-,8+,12-/m1/s1. The molecule has 1 saturated heterocycles. The van der Waals surface area contributed by atoms with Crippen molar-refractivity contribution < 1.29 is 14.9 Å². The number of thiophene rings is 1. The number of hydrogen-bond donors (Lipinski definition) is 3. The molecular weight excluding hydrogens is 302 g/mol. The molecule has 1 fully saturated rings. The summed E-state index contributed by atoms with van der Waals surface area (Å²) in [6.45, 7) is -0.326. The zero-order chi connectivity index (χ0) is 14.3. The zero-order valence-electron chi connectivity index (χ0n) is 10.5. The molecule has 3 heterocycles. The molecule has 8 heteroatoms. The SMILES string of the molecule is Nc1ncnc2c([C@H]3C[C@H](O)[C@](CO)(CCl)O3)csc12. The van der Waals surface area contributed by atoms with Gasteiger partial charge in [-0.15, -0.1) is 22.9 Å². The molecule has 1 aliphatic heterocycles. The third kappa shape index (κ3) is 1.97. The van der Waals surface area contributed by atoms with Crippen LogP contribution in [-0.4, -0.2) is 44.4 Å². The Morgan fingerprint density at radius 2 is 2.35 bits per heavy atom. The fourth-order valence-electron chi connectivity index (χ4n) is 2.44. The highest BCUT2D eigenvalue weighted by Gasteiger charge is 2.48. The smallest absolute Gasteiger partial charge is 0.144 e. The first-order valence-electron chi connectivity index (χ1n) is 6.11. The van der Waals surface area contributed by atoms with Crippen molar-refractivity contribution in [3.05, 3.63) is 17.3 Å². The van der Waals surface area contributed by atoms with E-state index in [2.05, 4.69) is 9.97 Å². The van der Waals surface area contributed by atoms with E-state index >= 15 is 0 Å². The van der Waals surface area contributed by atoms with Crippen LogP contribution >= 0.6 is 22.9 Å². The van der Waals surface area contributed by atoms with Crippen LogP contribution in [0.25, 0.3) is 10.2 Å². The molecule has 0 amide bonds. The molecule has 0 aromatic carbocycles. The summed E-state index contributed by atoms with van der Waals surface area (Å²) in [4.78, 5) is 8.18. The van der Waals surface area contributed by atoms with Crippen LogP contribution in [0.3, 0.4) is 0 Å². The number of anilines is 1. The van der Waals surface area contributed by atoms with E-state index in [0.717, 1.165) is 15.8 Å². The van der Waals surface area contributed by atoms with Crippen molar-refractivity contribution >= 4 is 39.0 Å². The molecule has 0 saturated carbocycles. The number of aliphatic hydroxyl groups is 2.